The third-order valence-electron chi connectivity index (χ3n) is 1.39. The largest absolute Gasteiger partial charge is 0.236 e. The summed E-state index contributed by atoms with van der Waals surface area (Å²) in [5, 5.41) is 7.54. The summed E-state index contributed by atoms with van der Waals surface area (Å²) in [6.45, 7) is 1.96. The standard InChI is InChI=1S/C6H6N4/c1-4-2-5-6(9-4)7-3-8-10-5/h3H,2H2,1H3. The van der Waals surface area contributed by atoms with Crippen molar-refractivity contribution in [3.8, 4) is 0 Å². The van der Waals surface area contributed by atoms with Crippen LogP contribution in [0.5, 0.6) is 0 Å². The lowest BCUT2D eigenvalue weighted by molar-refractivity contribution is 0.923. The lowest BCUT2D eigenvalue weighted by Gasteiger charge is -1.88. The molecule has 0 spiro atoms. The van der Waals surface area contributed by atoms with Crippen molar-refractivity contribution in [2.24, 2.45) is 4.99 Å². The molecule has 0 fully saturated rings. The molecule has 2 heterocycles. The van der Waals surface area contributed by atoms with E-state index in [0.29, 0.717) is 0 Å². The van der Waals surface area contributed by atoms with Crippen LogP contribution in [0, 0.1) is 0 Å². The maximum atomic E-state index is 4.16. The van der Waals surface area contributed by atoms with E-state index in [1.165, 1.54) is 6.33 Å². The number of hydrogen-bond acceptors (Lipinski definition) is 4. The molecule has 0 bridgehead atoms. The molecule has 4 heteroatoms. The van der Waals surface area contributed by atoms with Gasteiger partial charge in [0.1, 0.15) is 12.0 Å². The quantitative estimate of drug-likeness (QED) is 0.519. The van der Waals surface area contributed by atoms with E-state index in [1.807, 2.05) is 6.92 Å². The van der Waals surface area contributed by atoms with E-state index in [0.717, 1.165) is 23.6 Å². The third-order valence-corrected chi connectivity index (χ3v) is 1.39. The fourth-order valence-electron chi connectivity index (χ4n) is 0.966. The second-order valence-corrected chi connectivity index (χ2v) is 2.25. The van der Waals surface area contributed by atoms with Crippen LogP contribution >= 0.6 is 0 Å². The summed E-state index contributed by atoms with van der Waals surface area (Å²) >= 11 is 0. The van der Waals surface area contributed by atoms with Gasteiger partial charge in [-0.1, -0.05) is 0 Å². The van der Waals surface area contributed by atoms with Crippen molar-refractivity contribution in [3.63, 3.8) is 0 Å². The molecule has 1 aromatic rings. The highest BCUT2D eigenvalue weighted by atomic mass is 15.2. The SMILES string of the molecule is CC1=Nc2ncnnc2C1. The predicted molar refractivity (Wildman–Crippen MR) is 36.3 cm³/mol. The van der Waals surface area contributed by atoms with Crippen LogP contribution in [-0.2, 0) is 6.42 Å². The maximum absolute atomic E-state index is 4.16. The summed E-state index contributed by atoms with van der Waals surface area (Å²) in [7, 11) is 0. The van der Waals surface area contributed by atoms with Crippen molar-refractivity contribution in [1.82, 2.24) is 15.2 Å². The lowest BCUT2D eigenvalue weighted by Crippen LogP contribution is -1.93. The van der Waals surface area contributed by atoms with Gasteiger partial charge < -0.3 is 0 Å². The van der Waals surface area contributed by atoms with E-state index in [1.54, 1.807) is 0 Å². The Bertz CT molecular complexity index is 292. The molecule has 0 amide bonds. The lowest BCUT2D eigenvalue weighted by atomic mass is 10.3. The van der Waals surface area contributed by atoms with Gasteiger partial charge in [-0.2, -0.15) is 0 Å². The van der Waals surface area contributed by atoms with E-state index in [-0.39, 0.29) is 0 Å². The van der Waals surface area contributed by atoms with Crippen molar-refractivity contribution in [2.75, 3.05) is 0 Å². The minimum absolute atomic E-state index is 0.729. The molecule has 0 saturated heterocycles. The number of aliphatic imine (C=N–C) groups is 1. The molecule has 0 atom stereocenters. The fourth-order valence-corrected chi connectivity index (χ4v) is 0.966. The Morgan fingerprint density at radius 3 is 3.20 bits per heavy atom. The van der Waals surface area contributed by atoms with Crippen LogP contribution in [0.3, 0.4) is 0 Å². The number of nitrogens with zero attached hydrogens (tertiary/aromatic N) is 4. The minimum atomic E-state index is 0.729. The van der Waals surface area contributed by atoms with Gasteiger partial charge in [0.2, 0.25) is 0 Å². The van der Waals surface area contributed by atoms with Gasteiger partial charge in [-0.3, -0.25) is 0 Å². The second-order valence-electron chi connectivity index (χ2n) is 2.25. The number of hydrogen-bond donors (Lipinski definition) is 0. The monoisotopic (exact) mass is 134 g/mol. The Morgan fingerprint density at radius 1 is 1.50 bits per heavy atom. The third kappa shape index (κ3) is 0.689. The smallest absolute Gasteiger partial charge is 0.177 e. The molecule has 2 rings (SSSR count). The molecule has 0 saturated carbocycles. The van der Waals surface area contributed by atoms with Gasteiger partial charge >= 0.3 is 0 Å². The van der Waals surface area contributed by atoms with Crippen LogP contribution in [-0.4, -0.2) is 20.9 Å². The zero-order valence-electron chi connectivity index (χ0n) is 5.57. The Morgan fingerprint density at radius 2 is 2.40 bits per heavy atom. The van der Waals surface area contributed by atoms with Crippen molar-refractivity contribution < 1.29 is 0 Å². The molecule has 0 N–H and O–H groups in total. The fraction of sp³-hybridized carbons (Fsp3) is 0.333. The minimum Gasteiger partial charge on any atom is -0.236 e. The molecular weight excluding hydrogens is 128 g/mol. The summed E-state index contributed by atoms with van der Waals surface area (Å²) in [6, 6.07) is 0. The number of fused-ring (bicyclic) bond motifs is 1. The van der Waals surface area contributed by atoms with Crippen LogP contribution in [0.4, 0.5) is 5.82 Å². The normalized spacial score (nSPS) is 14.7. The molecule has 0 aliphatic carbocycles. The summed E-state index contributed by atoms with van der Waals surface area (Å²) in [4.78, 5) is 8.10. The van der Waals surface area contributed by atoms with Crippen LogP contribution < -0.4 is 0 Å². The highest BCUT2D eigenvalue weighted by molar-refractivity contribution is 5.90. The predicted octanol–water partition coefficient (Wildman–Crippen LogP) is 0.520. The zero-order valence-corrected chi connectivity index (χ0v) is 5.57. The van der Waals surface area contributed by atoms with Crippen LogP contribution in [0.2, 0.25) is 0 Å². The van der Waals surface area contributed by atoms with Gasteiger partial charge in [0, 0.05) is 12.1 Å². The first kappa shape index (κ1) is 5.46. The number of rotatable bonds is 0. The van der Waals surface area contributed by atoms with Gasteiger partial charge in [0.15, 0.2) is 5.82 Å². The van der Waals surface area contributed by atoms with E-state index in [4.69, 9.17) is 0 Å². The first-order valence-corrected chi connectivity index (χ1v) is 3.07. The Kier molecular flexibility index (Phi) is 1.00. The van der Waals surface area contributed by atoms with E-state index in [9.17, 15) is 0 Å². The average molecular weight is 134 g/mol. The molecule has 1 aliphatic heterocycles. The maximum Gasteiger partial charge on any atom is 0.177 e. The molecule has 0 radical (unpaired) electrons. The van der Waals surface area contributed by atoms with Crippen LogP contribution in [0.25, 0.3) is 0 Å². The van der Waals surface area contributed by atoms with Crippen LogP contribution in [0.1, 0.15) is 12.6 Å². The van der Waals surface area contributed by atoms with E-state index in [2.05, 4.69) is 20.2 Å². The zero-order chi connectivity index (χ0) is 6.97. The molecule has 0 aromatic carbocycles. The van der Waals surface area contributed by atoms with Crippen molar-refractivity contribution >= 4 is 11.5 Å². The van der Waals surface area contributed by atoms with E-state index < -0.39 is 0 Å². The molecule has 50 valence electrons. The van der Waals surface area contributed by atoms with E-state index >= 15 is 0 Å². The van der Waals surface area contributed by atoms with Gasteiger partial charge in [-0.25, -0.2) is 9.98 Å². The molecular formula is C6H6N4. The summed E-state index contributed by atoms with van der Waals surface area (Å²) < 4.78 is 0. The Labute approximate surface area is 58.0 Å². The van der Waals surface area contributed by atoms with Crippen molar-refractivity contribution in [1.29, 1.82) is 0 Å². The Hall–Kier alpha value is -1.32. The van der Waals surface area contributed by atoms with Crippen molar-refractivity contribution in [2.45, 2.75) is 13.3 Å². The molecule has 1 aliphatic rings. The molecule has 0 unspecified atom stereocenters. The summed E-state index contributed by atoms with van der Waals surface area (Å²) in [5.41, 5.74) is 1.95. The topological polar surface area (TPSA) is 51.0 Å². The van der Waals surface area contributed by atoms with Gasteiger partial charge in [0.05, 0.1) is 0 Å². The molecule has 4 nitrogen and oxygen atoms in total. The molecule has 10 heavy (non-hydrogen) atoms. The highest BCUT2D eigenvalue weighted by Crippen LogP contribution is 2.19. The van der Waals surface area contributed by atoms with Crippen LogP contribution in [0.15, 0.2) is 11.3 Å². The van der Waals surface area contributed by atoms with Gasteiger partial charge in [-0.15, -0.1) is 10.2 Å². The summed E-state index contributed by atoms with van der Waals surface area (Å²) in [5.74, 6) is 0.729. The molecule has 1 aromatic heterocycles. The van der Waals surface area contributed by atoms with Gasteiger partial charge in [0.25, 0.3) is 0 Å². The first-order chi connectivity index (χ1) is 4.86. The average Bonchev–Trinajstić information content (AvgIpc) is 2.27. The van der Waals surface area contributed by atoms with Gasteiger partial charge in [-0.05, 0) is 6.92 Å². The second kappa shape index (κ2) is 1.83. The number of aromatic nitrogens is 3. The summed E-state index contributed by atoms with van der Waals surface area (Å²) in [6.07, 6.45) is 2.22. The Balaban J connectivity index is 2.54. The van der Waals surface area contributed by atoms with Crippen molar-refractivity contribution in [3.05, 3.63) is 12.0 Å². The highest BCUT2D eigenvalue weighted by Gasteiger charge is 2.12. The first-order valence-electron chi connectivity index (χ1n) is 3.07.